The van der Waals surface area contributed by atoms with E-state index in [1.165, 1.54) is 0 Å². The van der Waals surface area contributed by atoms with Crippen LogP contribution in [0.3, 0.4) is 0 Å². The zero-order valence-electron chi connectivity index (χ0n) is 11.1. The molecule has 0 aliphatic carbocycles. The molecule has 1 atom stereocenters. The molecule has 0 amide bonds. The fraction of sp³-hybridized carbons (Fsp3) is 0.500. The quantitative estimate of drug-likeness (QED) is 0.410. The molecule has 0 spiro atoms. The van der Waals surface area contributed by atoms with Crippen LogP contribution in [-0.2, 0) is 0 Å². The van der Waals surface area contributed by atoms with Gasteiger partial charge in [0, 0.05) is 0 Å². The van der Waals surface area contributed by atoms with Crippen LogP contribution in [0.2, 0.25) is 0 Å². The third kappa shape index (κ3) is 6.72. The summed E-state index contributed by atoms with van der Waals surface area (Å²) in [7, 11) is 0. The summed E-state index contributed by atoms with van der Waals surface area (Å²) in [6, 6.07) is 9.46. The summed E-state index contributed by atoms with van der Waals surface area (Å²) in [6.07, 6.45) is 4.08. The van der Waals surface area contributed by atoms with Crippen LogP contribution in [0.4, 0.5) is 5.69 Å². The minimum absolute atomic E-state index is 0. The number of hydrogen-bond acceptors (Lipinski definition) is 2. The van der Waals surface area contributed by atoms with E-state index in [2.05, 4.69) is 18.8 Å². The van der Waals surface area contributed by atoms with Gasteiger partial charge < -0.3 is 5.11 Å². The smallest absolute Gasteiger partial charge is 0.861 e. The van der Waals surface area contributed by atoms with Gasteiger partial charge in [-0.1, -0.05) is 44.9 Å². The molecule has 1 aromatic rings. The molecule has 0 fully saturated rings. The van der Waals surface area contributed by atoms with Crippen molar-refractivity contribution < 1.29 is 56.5 Å². The Kier molecular flexibility index (Phi) is 10.5. The van der Waals surface area contributed by atoms with Gasteiger partial charge in [-0.2, -0.15) is 0 Å². The van der Waals surface area contributed by atoms with Crippen molar-refractivity contribution >= 4 is 11.6 Å². The van der Waals surface area contributed by atoms with Crippen LogP contribution >= 0.6 is 0 Å². The minimum Gasteiger partial charge on any atom is -0.861 e. The van der Waals surface area contributed by atoms with Crippen molar-refractivity contribution in [3.05, 3.63) is 30.3 Å². The van der Waals surface area contributed by atoms with Gasteiger partial charge in [-0.15, -0.1) is 0 Å². The van der Waals surface area contributed by atoms with Crippen molar-refractivity contribution in [2.45, 2.75) is 39.5 Å². The van der Waals surface area contributed by atoms with Gasteiger partial charge in [-0.25, -0.2) is 0 Å². The van der Waals surface area contributed by atoms with Crippen LogP contribution in [0.15, 0.2) is 35.3 Å². The Morgan fingerprint density at radius 3 is 2.41 bits per heavy atom. The number of benzene rings is 1. The number of rotatable bonds is 6. The van der Waals surface area contributed by atoms with E-state index in [1.807, 2.05) is 30.3 Å². The van der Waals surface area contributed by atoms with Gasteiger partial charge in [0.2, 0.25) is 0 Å². The van der Waals surface area contributed by atoms with Gasteiger partial charge in [-0.3, -0.25) is 4.99 Å². The second-order valence-electron chi connectivity index (χ2n) is 4.03. The molecule has 17 heavy (non-hydrogen) atoms. The molecule has 0 aromatic heterocycles. The van der Waals surface area contributed by atoms with Crippen LogP contribution in [0.5, 0.6) is 0 Å². The van der Waals surface area contributed by atoms with Gasteiger partial charge in [0.15, 0.2) is 0 Å². The van der Waals surface area contributed by atoms with E-state index in [0.717, 1.165) is 31.4 Å². The molecule has 0 aliphatic heterocycles. The van der Waals surface area contributed by atoms with E-state index < -0.39 is 0 Å². The van der Waals surface area contributed by atoms with Crippen LogP contribution in [0.25, 0.3) is 0 Å². The Morgan fingerprint density at radius 2 is 1.88 bits per heavy atom. The first-order chi connectivity index (χ1) is 7.77. The van der Waals surface area contributed by atoms with Crippen molar-refractivity contribution in [2.24, 2.45) is 10.9 Å². The van der Waals surface area contributed by atoms with E-state index in [4.69, 9.17) is 0 Å². The SMILES string of the molecule is CCCCC(CC)C([O-])=Nc1ccccc1.[K+]. The molecule has 0 heterocycles. The number of unbranched alkanes of at least 4 members (excludes halogenated alkanes) is 1. The van der Waals surface area contributed by atoms with Gasteiger partial charge in [0.05, 0.1) is 5.69 Å². The predicted molar refractivity (Wildman–Crippen MR) is 66.8 cm³/mol. The summed E-state index contributed by atoms with van der Waals surface area (Å²) < 4.78 is 0. The zero-order chi connectivity index (χ0) is 11.8. The maximum atomic E-state index is 11.9. The van der Waals surface area contributed by atoms with Crippen LogP contribution in [-0.4, -0.2) is 5.90 Å². The largest absolute Gasteiger partial charge is 1.00 e. The first kappa shape index (κ1) is 17.3. The Labute approximate surface area is 147 Å². The second kappa shape index (κ2) is 10.3. The molecule has 0 aliphatic rings. The molecule has 0 N–H and O–H groups in total. The molecule has 3 heteroatoms. The third-order valence-electron chi connectivity index (χ3n) is 2.74. The summed E-state index contributed by atoms with van der Waals surface area (Å²) in [6.45, 7) is 4.20. The fourth-order valence-electron chi connectivity index (χ4n) is 1.67. The summed E-state index contributed by atoms with van der Waals surface area (Å²) in [5.41, 5.74) is 0.766. The number of hydrogen-bond donors (Lipinski definition) is 0. The Bertz CT molecular complexity index is 324. The first-order valence-electron chi connectivity index (χ1n) is 6.08. The van der Waals surface area contributed by atoms with E-state index in [-0.39, 0.29) is 63.2 Å². The first-order valence-corrected chi connectivity index (χ1v) is 6.08. The Morgan fingerprint density at radius 1 is 1.24 bits per heavy atom. The summed E-state index contributed by atoms with van der Waals surface area (Å²) in [5.74, 6) is 0.127. The number of aliphatic imine (C=N–C) groups is 1. The molecule has 1 aromatic carbocycles. The van der Waals surface area contributed by atoms with Crippen molar-refractivity contribution in [1.82, 2.24) is 0 Å². The zero-order valence-corrected chi connectivity index (χ0v) is 14.3. The van der Waals surface area contributed by atoms with E-state index in [1.54, 1.807) is 0 Å². The molecule has 1 rings (SSSR count). The summed E-state index contributed by atoms with van der Waals surface area (Å²) in [5, 5.41) is 11.9. The average molecular weight is 257 g/mol. The molecule has 0 saturated carbocycles. The topological polar surface area (TPSA) is 35.4 Å². The average Bonchev–Trinajstić information content (AvgIpc) is 2.31. The van der Waals surface area contributed by atoms with Crippen LogP contribution in [0.1, 0.15) is 39.5 Å². The van der Waals surface area contributed by atoms with E-state index in [0.29, 0.717) is 0 Å². The summed E-state index contributed by atoms with van der Waals surface area (Å²) in [4.78, 5) is 4.14. The van der Waals surface area contributed by atoms with E-state index in [9.17, 15) is 5.11 Å². The maximum Gasteiger partial charge on any atom is 1.00 e. The molecule has 88 valence electrons. The van der Waals surface area contributed by atoms with E-state index >= 15 is 0 Å². The molecule has 0 radical (unpaired) electrons. The predicted octanol–water partition coefficient (Wildman–Crippen LogP) is 0.297. The molecule has 2 nitrogen and oxygen atoms in total. The van der Waals surface area contributed by atoms with Crippen molar-refractivity contribution in [3.63, 3.8) is 0 Å². The molecular formula is C14H20KNO. The van der Waals surface area contributed by atoms with Gasteiger partial charge in [-0.05, 0) is 36.8 Å². The molecule has 1 unspecified atom stereocenters. The van der Waals surface area contributed by atoms with Crippen LogP contribution in [0, 0.1) is 5.92 Å². The van der Waals surface area contributed by atoms with Crippen LogP contribution < -0.4 is 56.5 Å². The van der Waals surface area contributed by atoms with Crippen molar-refractivity contribution in [1.29, 1.82) is 0 Å². The second-order valence-corrected chi connectivity index (χ2v) is 4.03. The Balaban J connectivity index is 0.00000256. The van der Waals surface area contributed by atoms with Crippen molar-refractivity contribution in [3.8, 4) is 0 Å². The van der Waals surface area contributed by atoms with Crippen molar-refractivity contribution in [2.75, 3.05) is 0 Å². The van der Waals surface area contributed by atoms with Gasteiger partial charge in [0.25, 0.3) is 0 Å². The minimum atomic E-state index is 0. The Hall–Kier alpha value is 0.326. The molecular weight excluding hydrogens is 237 g/mol. The summed E-state index contributed by atoms with van der Waals surface area (Å²) >= 11 is 0. The monoisotopic (exact) mass is 257 g/mol. The molecule has 0 bridgehead atoms. The third-order valence-corrected chi connectivity index (χ3v) is 2.74. The molecule has 0 saturated heterocycles. The fourth-order valence-corrected chi connectivity index (χ4v) is 1.67. The normalized spacial score (nSPS) is 12.9. The maximum absolute atomic E-state index is 11.9. The number of nitrogens with zero attached hydrogens (tertiary/aromatic N) is 1. The standard InChI is InChI=1S/C14H21NO.K/c1-3-5-9-12(4-2)14(16)15-13-10-7-6-8-11-13;/h6-8,10-12H,3-5,9H2,1-2H3,(H,15,16);/q;+1/p-1. The van der Waals surface area contributed by atoms with Gasteiger partial charge >= 0.3 is 51.4 Å². The number of para-hydroxylation sites is 1. The van der Waals surface area contributed by atoms with Gasteiger partial charge in [0.1, 0.15) is 0 Å².